The van der Waals surface area contributed by atoms with Gasteiger partial charge in [0.05, 0.1) is 12.6 Å². The number of amides is 2. The van der Waals surface area contributed by atoms with Gasteiger partial charge in [0.25, 0.3) is 0 Å². The van der Waals surface area contributed by atoms with Crippen molar-refractivity contribution in [1.82, 2.24) is 9.80 Å². The molecule has 2 amide bonds. The van der Waals surface area contributed by atoms with Crippen molar-refractivity contribution in [3.63, 3.8) is 0 Å². The number of nitrogens with zero attached hydrogens (tertiary/aromatic N) is 2. The first kappa shape index (κ1) is 11.0. The maximum atomic E-state index is 11.5. The van der Waals surface area contributed by atoms with Crippen LogP contribution in [0.1, 0.15) is 13.3 Å². The summed E-state index contributed by atoms with van der Waals surface area (Å²) in [6.07, 6.45) is 0.655. The molecule has 0 radical (unpaired) electrons. The van der Waals surface area contributed by atoms with E-state index in [1.54, 1.807) is 11.9 Å². The van der Waals surface area contributed by atoms with Gasteiger partial charge >= 0.3 is 0 Å². The summed E-state index contributed by atoms with van der Waals surface area (Å²) in [5.41, 5.74) is 5.54. The molecule has 0 aromatic rings. The average Bonchev–Trinajstić information content (AvgIpc) is 2.48. The fraction of sp³-hybridized carbons (Fsp3) is 0.778. The Labute approximate surface area is 83.8 Å². The number of hydrogen-bond donors (Lipinski definition) is 1. The molecule has 1 aliphatic rings. The van der Waals surface area contributed by atoms with Crippen molar-refractivity contribution >= 4 is 11.8 Å². The van der Waals surface area contributed by atoms with Crippen LogP contribution >= 0.6 is 0 Å². The first-order valence-corrected chi connectivity index (χ1v) is 4.84. The fourth-order valence-electron chi connectivity index (χ4n) is 1.38. The van der Waals surface area contributed by atoms with Crippen LogP contribution in [-0.4, -0.2) is 54.3 Å². The highest BCUT2D eigenvalue weighted by atomic mass is 16.2. The van der Waals surface area contributed by atoms with Gasteiger partial charge < -0.3 is 15.5 Å². The predicted molar refractivity (Wildman–Crippen MR) is 52.5 cm³/mol. The molecule has 1 atom stereocenters. The first-order chi connectivity index (χ1) is 6.56. The number of likely N-dealkylation sites (tertiary alicyclic amines) is 1. The number of likely N-dealkylation sites (N-methyl/N-ethyl adjacent to an activating group) is 1. The molecular weight excluding hydrogens is 182 g/mol. The van der Waals surface area contributed by atoms with Gasteiger partial charge in [-0.05, 0) is 13.3 Å². The predicted octanol–water partition coefficient (Wildman–Crippen LogP) is -0.976. The molecule has 1 fully saturated rings. The quantitative estimate of drug-likeness (QED) is 0.635. The molecule has 0 aliphatic carbocycles. The second kappa shape index (κ2) is 4.41. The molecule has 0 aromatic heterocycles. The summed E-state index contributed by atoms with van der Waals surface area (Å²) in [6, 6.07) is -0.408. The van der Waals surface area contributed by atoms with Crippen molar-refractivity contribution in [3.05, 3.63) is 0 Å². The Morgan fingerprint density at radius 2 is 2.36 bits per heavy atom. The van der Waals surface area contributed by atoms with Crippen LogP contribution in [0.25, 0.3) is 0 Å². The number of nitrogens with two attached hydrogens (primary N) is 1. The lowest BCUT2D eigenvalue weighted by atomic mass is 10.3. The van der Waals surface area contributed by atoms with Crippen molar-refractivity contribution in [1.29, 1.82) is 0 Å². The van der Waals surface area contributed by atoms with E-state index in [2.05, 4.69) is 0 Å². The Balaban J connectivity index is 2.45. The summed E-state index contributed by atoms with van der Waals surface area (Å²) in [5.74, 6) is -0.141. The van der Waals surface area contributed by atoms with E-state index in [9.17, 15) is 9.59 Å². The maximum absolute atomic E-state index is 11.5. The minimum atomic E-state index is -0.408. The molecular formula is C9H17N3O2. The Bertz CT molecular complexity index is 242. The van der Waals surface area contributed by atoms with E-state index >= 15 is 0 Å². The Hall–Kier alpha value is -1.10. The fourth-order valence-corrected chi connectivity index (χ4v) is 1.38. The monoisotopic (exact) mass is 199 g/mol. The summed E-state index contributed by atoms with van der Waals surface area (Å²) in [7, 11) is 1.73. The summed E-state index contributed by atoms with van der Waals surface area (Å²) < 4.78 is 0. The third kappa shape index (κ3) is 2.23. The SMILES string of the molecule is CCN(C)C(=O)CN1CCC(N)C1=O. The van der Waals surface area contributed by atoms with Crippen LogP contribution in [0.5, 0.6) is 0 Å². The van der Waals surface area contributed by atoms with Crippen molar-refractivity contribution in [2.45, 2.75) is 19.4 Å². The van der Waals surface area contributed by atoms with E-state index in [1.165, 1.54) is 4.90 Å². The third-order valence-electron chi connectivity index (χ3n) is 2.57. The minimum Gasteiger partial charge on any atom is -0.345 e. The van der Waals surface area contributed by atoms with Crippen LogP contribution in [-0.2, 0) is 9.59 Å². The van der Waals surface area contributed by atoms with E-state index in [0.29, 0.717) is 19.5 Å². The molecule has 1 saturated heterocycles. The Morgan fingerprint density at radius 1 is 1.71 bits per heavy atom. The maximum Gasteiger partial charge on any atom is 0.241 e. The second-order valence-electron chi connectivity index (χ2n) is 3.56. The lowest BCUT2D eigenvalue weighted by Gasteiger charge is -2.20. The van der Waals surface area contributed by atoms with Crippen molar-refractivity contribution in [3.8, 4) is 0 Å². The average molecular weight is 199 g/mol. The molecule has 5 nitrogen and oxygen atoms in total. The molecule has 1 rings (SSSR count). The lowest BCUT2D eigenvalue weighted by Crippen LogP contribution is -2.41. The summed E-state index contributed by atoms with van der Waals surface area (Å²) in [4.78, 5) is 26.0. The standard InChI is InChI=1S/C9H17N3O2/c1-3-11(2)8(13)6-12-5-4-7(10)9(12)14/h7H,3-6,10H2,1-2H3. The van der Waals surface area contributed by atoms with Crippen LogP contribution in [0.15, 0.2) is 0 Å². The summed E-state index contributed by atoms with van der Waals surface area (Å²) in [5, 5.41) is 0. The molecule has 80 valence electrons. The van der Waals surface area contributed by atoms with Crippen molar-refractivity contribution < 1.29 is 9.59 Å². The normalized spacial score (nSPS) is 21.5. The molecule has 2 N–H and O–H groups in total. The van der Waals surface area contributed by atoms with Gasteiger partial charge in [0, 0.05) is 20.1 Å². The molecule has 14 heavy (non-hydrogen) atoms. The minimum absolute atomic E-state index is 0.0325. The zero-order valence-electron chi connectivity index (χ0n) is 8.69. The molecule has 0 bridgehead atoms. The Morgan fingerprint density at radius 3 is 2.79 bits per heavy atom. The molecule has 0 saturated carbocycles. The van der Waals surface area contributed by atoms with Gasteiger partial charge in [-0.15, -0.1) is 0 Å². The second-order valence-corrected chi connectivity index (χ2v) is 3.56. The van der Waals surface area contributed by atoms with Gasteiger partial charge in [-0.2, -0.15) is 0 Å². The van der Waals surface area contributed by atoms with Gasteiger partial charge in [0.2, 0.25) is 11.8 Å². The number of carbonyl (C=O) groups excluding carboxylic acids is 2. The third-order valence-corrected chi connectivity index (χ3v) is 2.57. The topological polar surface area (TPSA) is 66.6 Å². The number of rotatable bonds is 3. The molecule has 0 aromatic carbocycles. The molecule has 0 spiro atoms. The summed E-state index contributed by atoms with van der Waals surface area (Å²) in [6.45, 7) is 3.32. The van der Waals surface area contributed by atoms with Crippen LogP contribution in [0.3, 0.4) is 0 Å². The highest BCUT2D eigenvalue weighted by molar-refractivity contribution is 5.88. The highest BCUT2D eigenvalue weighted by Gasteiger charge is 2.30. The van der Waals surface area contributed by atoms with Gasteiger partial charge in [-0.1, -0.05) is 0 Å². The Kier molecular flexibility index (Phi) is 3.46. The van der Waals surface area contributed by atoms with E-state index in [-0.39, 0.29) is 18.4 Å². The smallest absolute Gasteiger partial charge is 0.241 e. The van der Waals surface area contributed by atoms with Crippen LogP contribution in [0, 0.1) is 0 Å². The lowest BCUT2D eigenvalue weighted by molar-refractivity contribution is -0.137. The molecule has 5 heteroatoms. The zero-order chi connectivity index (χ0) is 10.7. The van der Waals surface area contributed by atoms with Gasteiger partial charge in [0.1, 0.15) is 0 Å². The molecule has 1 heterocycles. The van der Waals surface area contributed by atoms with Crippen LogP contribution in [0.2, 0.25) is 0 Å². The van der Waals surface area contributed by atoms with E-state index in [4.69, 9.17) is 5.73 Å². The van der Waals surface area contributed by atoms with Crippen molar-refractivity contribution in [2.75, 3.05) is 26.7 Å². The van der Waals surface area contributed by atoms with E-state index < -0.39 is 6.04 Å². The largest absolute Gasteiger partial charge is 0.345 e. The number of carbonyl (C=O) groups is 2. The summed E-state index contributed by atoms with van der Waals surface area (Å²) >= 11 is 0. The number of hydrogen-bond acceptors (Lipinski definition) is 3. The van der Waals surface area contributed by atoms with Crippen LogP contribution in [0.4, 0.5) is 0 Å². The van der Waals surface area contributed by atoms with E-state index in [1.807, 2.05) is 6.92 Å². The first-order valence-electron chi connectivity index (χ1n) is 4.84. The molecule has 1 unspecified atom stereocenters. The van der Waals surface area contributed by atoms with Gasteiger partial charge in [-0.25, -0.2) is 0 Å². The van der Waals surface area contributed by atoms with Crippen LogP contribution < -0.4 is 5.73 Å². The molecule has 1 aliphatic heterocycles. The van der Waals surface area contributed by atoms with Gasteiger partial charge in [-0.3, -0.25) is 9.59 Å². The van der Waals surface area contributed by atoms with Gasteiger partial charge in [0.15, 0.2) is 0 Å². The highest BCUT2D eigenvalue weighted by Crippen LogP contribution is 2.08. The van der Waals surface area contributed by atoms with E-state index in [0.717, 1.165) is 0 Å². The van der Waals surface area contributed by atoms with Crippen molar-refractivity contribution in [2.24, 2.45) is 5.73 Å². The zero-order valence-corrected chi connectivity index (χ0v) is 8.69.